The van der Waals surface area contributed by atoms with Crippen LogP contribution < -0.4 is 9.47 Å². The Morgan fingerprint density at radius 3 is 2.41 bits per heavy atom. The van der Waals surface area contributed by atoms with Gasteiger partial charge in [-0.2, -0.15) is 0 Å². The maximum atomic E-state index is 12.6. The third-order valence-corrected chi connectivity index (χ3v) is 4.46. The van der Waals surface area contributed by atoms with Crippen LogP contribution in [-0.2, 0) is 0 Å². The normalized spacial score (nSPS) is 12.3. The van der Waals surface area contributed by atoms with Gasteiger partial charge in [-0.15, -0.1) is 9.24 Å². The number of Topliss-reactive ketones (excluding diaryl/α,β-unsaturated/α-hetero) is 1. The van der Waals surface area contributed by atoms with Gasteiger partial charge in [0.2, 0.25) is 0 Å². The predicted molar refractivity (Wildman–Crippen MR) is 97.8 cm³/mol. The van der Waals surface area contributed by atoms with E-state index in [1.54, 1.807) is 32.4 Å². The van der Waals surface area contributed by atoms with E-state index in [-0.39, 0.29) is 30.1 Å². The fraction of sp³-hybridized carbons (Fsp3) is 0.588. The minimum absolute atomic E-state index is 0. The summed E-state index contributed by atoms with van der Waals surface area (Å²) in [7, 11) is 5.95. The van der Waals surface area contributed by atoms with Gasteiger partial charge < -0.3 is 9.47 Å². The molecule has 0 aliphatic carbocycles. The zero-order chi connectivity index (χ0) is 16.0. The van der Waals surface area contributed by atoms with Crippen LogP contribution in [0.1, 0.15) is 44.0 Å². The molecular weight excluding hydrogens is 290 g/mol. The maximum absolute atomic E-state index is 12.6. The fourth-order valence-electron chi connectivity index (χ4n) is 2.66. The average molecular weight is 318 g/mol. The van der Waals surface area contributed by atoms with Crippen LogP contribution >= 0.6 is 9.24 Å². The second-order valence-corrected chi connectivity index (χ2v) is 6.85. The summed E-state index contributed by atoms with van der Waals surface area (Å²) in [6.45, 7) is 6.52. The molecule has 2 atom stereocenters. The van der Waals surface area contributed by atoms with Crippen LogP contribution in [0.15, 0.2) is 18.2 Å². The quantitative estimate of drug-likeness (QED) is 0.418. The summed E-state index contributed by atoms with van der Waals surface area (Å²) in [6.07, 6.45) is 2.61. The van der Waals surface area contributed by atoms with Gasteiger partial charge in [0, 0.05) is 12.5 Å². The minimum atomic E-state index is -0.0159. The molecule has 1 aromatic carbocycles. The van der Waals surface area contributed by atoms with Gasteiger partial charge >= 0.3 is 18.9 Å². The molecule has 0 aliphatic rings. The second-order valence-electron chi connectivity index (χ2n) is 6.38. The number of rotatable bonds is 8. The number of methoxy groups -OCH3 is 2. The molecule has 0 spiro atoms. The first-order valence-electron chi connectivity index (χ1n) is 7.28. The standard InChI is InChI=1S/C17H27O3P.Li.H/c1-12(11-21)9-17(2,3)10-15(18)14-7-6-13(19-4)8-16(14)20-5;;/h6-8,12H,9-11,21H2,1-5H3;;. The molecule has 0 radical (unpaired) electrons. The van der Waals surface area contributed by atoms with Crippen molar-refractivity contribution in [1.82, 2.24) is 0 Å². The number of hydrogen-bond donors (Lipinski definition) is 0. The van der Waals surface area contributed by atoms with Crippen LogP contribution in [0.2, 0.25) is 0 Å². The number of ketones is 1. The van der Waals surface area contributed by atoms with Crippen molar-refractivity contribution in [2.24, 2.45) is 11.3 Å². The Labute approximate surface area is 148 Å². The molecule has 0 amide bonds. The van der Waals surface area contributed by atoms with E-state index in [1.165, 1.54) is 0 Å². The Morgan fingerprint density at radius 2 is 1.91 bits per heavy atom. The van der Waals surface area contributed by atoms with Crippen LogP contribution in [0.5, 0.6) is 11.5 Å². The number of carbonyl (C=O) groups excluding carboxylic acids is 1. The fourth-order valence-corrected chi connectivity index (χ4v) is 2.82. The third kappa shape index (κ3) is 6.33. The summed E-state index contributed by atoms with van der Waals surface area (Å²) >= 11 is 0. The van der Waals surface area contributed by atoms with E-state index in [2.05, 4.69) is 30.0 Å². The van der Waals surface area contributed by atoms with Crippen LogP contribution in [-0.4, -0.2) is 45.0 Å². The van der Waals surface area contributed by atoms with Gasteiger partial charge in [0.1, 0.15) is 11.5 Å². The predicted octanol–water partition coefficient (Wildman–Crippen LogP) is 3.56. The Hall–Kier alpha value is -0.483. The summed E-state index contributed by atoms with van der Waals surface area (Å²) in [6, 6.07) is 5.34. The summed E-state index contributed by atoms with van der Waals surface area (Å²) in [5.41, 5.74) is 0.614. The summed E-state index contributed by atoms with van der Waals surface area (Å²) < 4.78 is 10.5. The number of benzene rings is 1. The molecule has 1 rings (SSSR count). The molecule has 0 heterocycles. The molecule has 0 aromatic heterocycles. The van der Waals surface area contributed by atoms with Gasteiger partial charge in [-0.3, -0.25) is 4.79 Å². The van der Waals surface area contributed by atoms with Gasteiger partial charge in [0.05, 0.1) is 19.8 Å². The van der Waals surface area contributed by atoms with Crippen LogP contribution in [0.25, 0.3) is 0 Å². The first kappa shape index (κ1) is 21.5. The molecule has 0 aliphatic heterocycles. The Balaban J connectivity index is 0.00000441. The summed E-state index contributed by atoms with van der Waals surface area (Å²) in [5, 5.41) is 0. The monoisotopic (exact) mass is 318 g/mol. The van der Waals surface area contributed by atoms with Crippen LogP contribution in [0, 0.1) is 11.3 Å². The van der Waals surface area contributed by atoms with E-state index in [0.717, 1.165) is 12.6 Å². The van der Waals surface area contributed by atoms with Crippen molar-refractivity contribution in [2.75, 3.05) is 20.4 Å². The van der Waals surface area contributed by atoms with Gasteiger partial charge in [0.15, 0.2) is 5.78 Å². The molecule has 22 heavy (non-hydrogen) atoms. The number of hydrogen-bond acceptors (Lipinski definition) is 3. The van der Waals surface area contributed by atoms with Crippen molar-refractivity contribution >= 4 is 33.9 Å². The Morgan fingerprint density at radius 1 is 1.27 bits per heavy atom. The van der Waals surface area contributed by atoms with Gasteiger partial charge in [-0.1, -0.05) is 20.8 Å². The van der Waals surface area contributed by atoms with Gasteiger partial charge in [-0.05, 0) is 36.0 Å². The molecule has 3 nitrogen and oxygen atoms in total. The molecule has 0 N–H and O–H groups in total. The van der Waals surface area contributed by atoms with Crippen molar-refractivity contribution < 1.29 is 14.3 Å². The van der Waals surface area contributed by atoms with E-state index in [9.17, 15) is 4.79 Å². The Kier molecular flexibility index (Phi) is 9.40. The van der Waals surface area contributed by atoms with E-state index >= 15 is 0 Å². The first-order chi connectivity index (χ1) is 9.82. The van der Waals surface area contributed by atoms with E-state index in [1.807, 2.05) is 0 Å². The molecule has 0 saturated heterocycles. The average Bonchev–Trinajstić information content (AvgIpc) is 2.45. The van der Waals surface area contributed by atoms with Crippen molar-refractivity contribution in [3.63, 3.8) is 0 Å². The van der Waals surface area contributed by atoms with Crippen molar-refractivity contribution in [1.29, 1.82) is 0 Å². The third-order valence-electron chi connectivity index (χ3n) is 3.65. The summed E-state index contributed by atoms with van der Waals surface area (Å²) in [5.74, 6) is 1.99. The van der Waals surface area contributed by atoms with Crippen molar-refractivity contribution in [3.8, 4) is 11.5 Å². The number of carbonyl (C=O) groups is 1. The van der Waals surface area contributed by atoms with E-state index in [4.69, 9.17) is 9.47 Å². The molecule has 0 bridgehead atoms. The zero-order valence-electron chi connectivity index (χ0n) is 13.7. The molecule has 2 unspecified atom stereocenters. The molecule has 0 fully saturated rings. The second kappa shape index (κ2) is 9.61. The van der Waals surface area contributed by atoms with Crippen LogP contribution in [0.4, 0.5) is 0 Å². The van der Waals surface area contributed by atoms with Crippen LogP contribution in [0.3, 0.4) is 0 Å². The van der Waals surface area contributed by atoms with E-state index < -0.39 is 0 Å². The SMILES string of the molecule is COc1ccc(C(=O)CC(C)(C)CC(C)CP)c(OC)c1.[LiH]. The first-order valence-corrected chi connectivity index (χ1v) is 8.10. The molecule has 5 heteroatoms. The van der Waals surface area contributed by atoms with Gasteiger partial charge in [0.25, 0.3) is 0 Å². The molecule has 1 aromatic rings. The molecule has 0 saturated carbocycles. The van der Waals surface area contributed by atoms with E-state index in [0.29, 0.717) is 29.4 Å². The van der Waals surface area contributed by atoms with Gasteiger partial charge in [-0.25, -0.2) is 0 Å². The summed E-state index contributed by atoms with van der Waals surface area (Å²) in [4.78, 5) is 12.6. The molecular formula is C17H28LiO3P. The van der Waals surface area contributed by atoms with Crippen molar-refractivity contribution in [3.05, 3.63) is 23.8 Å². The number of ether oxygens (including phenoxy) is 2. The topological polar surface area (TPSA) is 35.5 Å². The molecule has 120 valence electrons. The van der Waals surface area contributed by atoms with Crippen molar-refractivity contribution in [2.45, 2.75) is 33.6 Å². The Bertz CT molecular complexity index is 489. The zero-order valence-corrected chi connectivity index (χ0v) is 14.9.